The summed E-state index contributed by atoms with van der Waals surface area (Å²) in [6, 6.07) is 8.95. The maximum atomic E-state index is 12.2. The van der Waals surface area contributed by atoms with Gasteiger partial charge in [0.2, 0.25) is 0 Å². The zero-order valence-corrected chi connectivity index (χ0v) is 18.1. The van der Waals surface area contributed by atoms with Gasteiger partial charge in [0, 0.05) is 15.1 Å². The van der Waals surface area contributed by atoms with Crippen LogP contribution in [0.25, 0.3) is 6.08 Å². The number of phenolic OH excluding ortho intramolecular Hbond substituents is 1. The first kappa shape index (κ1) is 18.8. The van der Waals surface area contributed by atoms with Gasteiger partial charge in [0.25, 0.3) is 5.91 Å². The first-order valence-corrected chi connectivity index (χ1v) is 10.1. The number of hydrogen-bond donors (Lipinski definition) is 2. The number of aliphatic imine (C=N–C) groups is 1. The monoisotopic (exact) mass is 548 g/mol. The molecule has 1 aliphatic rings. The number of nitrogens with zero attached hydrogens (tertiary/aromatic N) is 1. The summed E-state index contributed by atoms with van der Waals surface area (Å²) in [4.78, 5) is 17.1. The Labute approximate surface area is 176 Å². The number of phenols is 1. The first-order valence-electron chi connectivity index (χ1n) is 7.07. The summed E-state index contributed by atoms with van der Waals surface area (Å²) in [6.45, 7) is 1.91. The summed E-state index contributed by atoms with van der Waals surface area (Å²) in [5, 5.41) is 14.1. The number of carbonyl (C=O) groups excluding carboxylic acids is 1. The smallest absolute Gasteiger partial charge is 0.264 e. The number of halogens is 3. The lowest BCUT2D eigenvalue weighted by Gasteiger charge is -2.03. The lowest BCUT2D eigenvalue weighted by Crippen LogP contribution is -2.19. The maximum Gasteiger partial charge on any atom is 0.264 e. The Morgan fingerprint density at radius 3 is 2.84 bits per heavy atom. The van der Waals surface area contributed by atoms with Gasteiger partial charge in [0.15, 0.2) is 5.17 Å². The van der Waals surface area contributed by atoms with Gasteiger partial charge in [-0.25, -0.2) is 4.99 Å². The highest BCUT2D eigenvalue weighted by atomic mass is 127. The molecule has 2 aromatic carbocycles. The zero-order chi connectivity index (χ0) is 18.1. The van der Waals surface area contributed by atoms with Crippen LogP contribution in [0.1, 0.15) is 11.1 Å². The summed E-state index contributed by atoms with van der Waals surface area (Å²) in [6.07, 6.45) is 1.65. The van der Waals surface area contributed by atoms with Crippen LogP contribution in [-0.4, -0.2) is 16.2 Å². The van der Waals surface area contributed by atoms with Crippen LogP contribution in [0.15, 0.2) is 44.7 Å². The summed E-state index contributed by atoms with van der Waals surface area (Å²) in [7, 11) is 0. The standard InChI is InChI=1S/C17H11BrClIN2O2S/c1-8-4-11(19)2-3-13(8)21-17-22-16(24)14(25-17)6-9-5-10(18)7-12(20)15(9)23/h2-7,23H,1H3,(H,21,22,24)/b14-6-. The number of nitrogens with one attached hydrogen (secondary N) is 1. The summed E-state index contributed by atoms with van der Waals surface area (Å²) in [5.74, 6) is -0.103. The SMILES string of the molecule is Cc1cc(Cl)ccc1N=C1NC(=O)/C(=C/c2cc(Br)cc(I)c2O)S1. The number of carbonyl (C=O) groups is 1. The average Bonchev–Trinajstić information content (AvgIpc) is 2.87. The van der Waals surface area contributed by atoms with Gasteiger partial charge in [0.05, 0.1) is 14.2 Å². The van der Waals surface area contributed by atoms with Gasteiger partial charge in [-0.05, 0) is 83.2 Å². The van der Waals surface area contributed by atoms with E-state index < -0.39 is 0 Å². The molecular weight excluding hydrogens is 539 g/mol. The maximum absolute atomic E-state index is 12.2. The Bertz CT molecular complexity index is 946. The van der Waals surface area contributed by atoms with Crippen LogP contribution in [0.3, 0.4) is 0 Å². The fourth-order valence-corrected chi connectivity index (χ4v) is 4.77. The van der Waals surface area contributed by atoms with Crippen molar-refractivity contribution in [3.63, 3.8) is 0 Å². The molecular formula is C17H11BrClIN2O2S. The summed E-state index contributed by atoms with van der Waals surface area (Å²) >= 11 is 12.6. The molecule has 128 valence electrons. The number of rotatable bonds is 2. The normalized spacial score (nSPS) is 17.4. The van der Waals surface area contributed by atoms with E-state index in [0.717, 1.165) is 15.7 Å². The second-order valence-corrected chi connectivity index (χ2v) is 8.78. The van der Waals surface area contributed by atoms with Gasteiger partial charge in [-0.15, -0.1) is 0 Å². The number of hydrogen-bond acceptors (Lipinski definition) is 4. The molecule has 0 atom stereocenters. The van der Waals surface area contributed by atoms with Crippen LogP contribution < -0.4 is 5.32 Å². The molecule has 25 heavy (non-hydrogen) atoms. The van der Waals surface area contributed by atoms with E-state index in [-0.39, 0.29) is 11.7 Å². The molecule has 2 aromatic rings. The van der Waals surface area contributed by atoms with Crippen LogP contribution in [0.5, 0.6) is 5.75 Å². The minimum atomic E-state index is -0.246. The van der Waals surface area contributed by atoms with E-state index in [2.05, 4.69) is 26.2 Å². The van der Waals surface area contributed by atoms with Crippen molar-refractivity contribution in [2.45, 2.75) is 6.92 Å². The number of aryl methyl sites for hydroxylation is 1. The molecule has 2 N–H and O–H groups in total. The zero-order valence-electron chi connectivity index (χ0n) is 12.8. The number of aromatic hydroxyl groups is 1. The third kappa shape index (κ3) is 4.39. The van der Waals surface area contributed by atoms with E-state index in [4.69, 9.17) is 11.6 Å². The molecule has 0 saturated carbocycles. The third-order valence-corrected chi connectivity index (χ3v) is 5.80. The summed E-state index contributed by atoms with van der Waals surface area (Å²) in [5.41, 5.74) is 2.24. The van der Waals surface area contributed by atoms with Gasteiger partial charge >= 0.3 is 0 Å². The van der Waals surface area contributed by atoms with E-state index in [1.807, 2.05) is 41.6 Å². The van der Waals surface area contributed by atoms with Crippen LogP contribution in [0, 0.1) is 10.5 Å². The minimum absolute atomic E-state index is 0.142. The van der Waals surface area contributed by atoms with Crippen molar-refractivity contribution in [2.75, 3.05) is 0 Å². The number of amides is 1. The van der Waals surface area contributed by atoms with Gasteiger partial charge in [0.1, 0.15) is 5.75 Å². The molecule has 0 aliphatic carbocycles. The van der Waals surface area contributed by atoms with Crippen molar-refractivity contribution in [3.8, 4) is 5.75 Å². The molecule has 0 radical (unpaired) electrons. The van der Waals surface area contributed by atoms with E-state index >= 15 is 0 Å². The fourth-order valence-electron chi connectivity index (χ4n) is 2.17. The highest BCUT2D eigenvalue weighted by molar-refractivity contribution is 14.1. The molecule has 0 unspecified atom stereocenters. The molecule has 3 rings (SSSR count). The van der Waals surface area contributed by atoms with E-state index in [1.54, 1.807) is 24.3 Å². The van der Waals surface area contributed by atoms with Crippen molar-refractivity contribution in [1.82, 2.24) is 5.32 Å². The second kappa shape index (κ2) is 7.69. The highest BCUT2D eigenvalue weighted by Gasteiger charge is 2.24. The van der Waals surface area contributed by atoms with E-state index in [9.17, 15) is 9.90 Å². The lowest BCUT2D eigenvalue weighted by molar-refractivity contribution is -0.115. The summed E-state index contributed by atoms with van der Waals surface area (Å²) < 4.78 is 1.53. The van der Waals surface area contributed by atoms with Gasteiger partial charge in [-0.2, -0.15) is 0 Å². The Balaban J connectivity index is 1.91. The molecule has 0 spiro atoms. The van der Waals surface area contributed by atoms with Crippen LogP contribution in [0.4, 0.5) is 5.69 Å². The predicted octanol–water partition coefficient (Wildman–Crippen LogP) is 5.61. The number of benzene rings is 2. The van der Waals surface area contributed by atoms with Crippen molar-refractivity contribution in [3.05, 3.63) is 59.4 Å². The average molecular weight is 550 g/mol. The predicted molar refractivity (Wildman–Crippen MR) is 116 cm³/mol. The Morgan fingerprint density at radius 2 is 2.12 bits per heavy atom. The van der Waals surface area contributed by atoms with Crippen molar-refractivity contribution in [2.24, 2.45) is 4.99 Å². The fraction of sp³-hybridized carbons (Fsp3) is 0.0588. The lowest BCUT2D eigenvalue weighted by atomic mass is 10.2. The quantitative estimate of drug-likeness (QED) is 0.378. The second-order valence-electron chi connectivity index (χ2n) is 5.24. The Morgan fingerprint density at radius 1 is 1.36 bits per heavy atom. The van der Waals surface area contributed by atoms with Crippen molar-refractivity contribution in [1.29, 1.82) is 0 Å². The van der Waals surface area contributed by atoms with Gasteiger partial charge in [-0.3, -0.25) is 4.79 Å². The molecule has 1 saturated heterocycles. The number of thioether (sulfide) groups is 1. The highest BCUT2D eigenvalue weighted by Crippen LogP contribution is 2.34. The first-order chi connectivity index (χ1) is 11.8. The molecule has 0 bridgehead atoms. The van der Waals surface area contributed by atoms with Crippen LogP contribution in [0.2, 0.25) is 5.02 Å². The third-order valence-electron chi connectivity index (χ3n) is 3.38. The van der Waals surface area contributed by atoms with Crippen molar-refractivity contribution >= 4 is 84.7 Å². The van der Waals surface area contributed by atoms with Crippen molar-refractivity contribution < 1.29 is 9.90 Å². The largest absolute Gasteiger partial charge is 0.506 e. The molecule has 1 amide bonds. The molecule has 1 heterocycles. The molecule has 8 heteroatoms. The molecule has 1 aliphatic heterocycles. The van der Waals surface area contributed by atoms with Crippen LogP contribution in [-0.2, 0) is 4.79 Å². The Hall–Kier alpha value is -1.03. The molecule has 1 fully saturated rings. The molecule has 4 nitrogen and oxygen atoms in total. The number of amidine groups is 1. The van der Waals surface area contributed by atoms with Crippen LogP contribution >= 0.6 is 61.9 Å². The van der Waals surface area contributed by atoms with Gasteiger partial charge in [-0.1, -0.05) is 27.5 Å². The Kier molecular flexibility index (Phi) is 5.77. The minimum Gasteiger partial charge on any atom is -0.506 e. The topological polar surface area (TPSA) is 61.7 Å². The molecule has 0 aromatic heterocycles. The van der Waals surface area contributed by atoms with E-state index in [1.165, 1.54) is 11.8 Å². The van der Waals surface area contributed by atoms with E-state index in [0.29, 0.717) is 24.2 Å². The van der Waals surface area contributed by atoms with Gasteiger partial charge < -0.3 is 10.4 Å².